The molecule has 0 atom stereocenters. The Labute approximate surface area is 127 Å². The topological polar surface area (TPSA) is 55.9 Å². The maximum atomic E-state index is 6.14. The zero-order chi connectivity index (χ0) is 15.4. The van der Waals surface area contributed by atoms with E-state index < -0.39 is 0 Å². The van der Waals surface area contributed by atoms with Crippen LogP contribution in [0.5, 0.6) is 0 Å². The fourth-order valence-electron chi connectivity index (χ4n) is 2.33. The van der Waals surface area contributed by atoms with Crippen molar-refractivity contribution in [3.8, 4) is 0 Å². The van der Waals surface area contributed by atoms with Crippen molar-refractivity contribution in [3.05, 3.63) is 35.5 Å². The molecule has 1 aromatic carbocycles. The lowest BCUT2D eigenvalue weighted by molar-refractivity contribution is 0.536. The average molecular weight is 286 g/mol. The van der Waals surface area contributed by atoms with E-state index in [0.29, 0.717) is 0 Å². The second kappa shape index (κ2) is 6.66. The first-order chi connectivity index (χ1) is 10.0. The van der Waals surface area contributed by atoms with E-state index in [1.165, 1.54) is 18.4 Å². The number of rotatable bonds is 6. The van der Waals surface area contributed by atoms with Crippen LogP contribution in [0.1, 0.15) is 50.9 Å². The number of anilines is 3. The van der Waals surface area contributed by atoms with Crippen LogP contribution in [-0.2, 0) is 6.42 Å². The molecule has 2 rings (SSSR count). The van der Waals surface area contributed by atoms with Gasteiger partial charge in [-0.25, -0.2) is 4.68 Å². The van der Waals surface area contributed by atoms with Crippen LogP contribution < -0.4 is 11.1 Å². The highest BCUT2D eigenvalue weighted by Gasteiger charge is 2.14. The molecule has 0 aliphatic carbocycles. The Hall–Kier alpha value is -1.97. The summed E-state index contributed by atoms with van der Waals surface area (Å²) in [4.78, 5) is 0. The number of nitrogens with zero attached hydrogens (tertiary/aromatic N) is 2. The first-order valence-corrected chi connectivity index (χ1v) is 7.73. The van der Waals surface area contributed by atoms with E-state index in [9.17, 15) is 0 Å². The van der Waals surface area contributed by atoms with Gasteiger partial charge in [0.05, 0.1) is 11.4 Å². The Morgan fingerprint density at radius 1 is 1.24 bits per heavy atom. The van der Waals surface area contributed by atoms with Crippen molar-refractivity contribution in [2.75, 3.05) is 11.1 Å². The van der Waals surface area contributed by atoms with Crippen LogP contribution in [0.2, 0.25) is 0 Å². The number of aromatic nitrogens is 2. The van der Waals surface area contributed by atoms with Crippen LogP contribution in [0.3, 0.4) is 0 Å². The number of hydrogen-bond donors (Lipinski definition) is 2. The van der Waals surface area contributed by atoms with Crippen LogP contribution in [0.25, 0.3) is 0 Å². The van der Waals surface area contributed by atoms with Gasteiger partial charge in [0.1, 0.15) is 0 Å². The number of nitrogens with two attached hydrogens (primary N) is 1. The molecule has 0 amide bonds. The molecular weight excluding hydrogens is 260 g/mol. The molecule has 21 heavy (non-hydrogen) atoms. The third-order valence-electron chi connectivity index (χ3n) is 3.66. The van der Waals surface area contributed by atoms with Crippen molar-refractivity contribution in [2.24, 2.45) is 0 Å². The Balaban J connectivity index is 2.18. The Bertz CT molecular complexity index is 582. The minimum absolute atomic E-state index is 0.271. The van der Waals surface area contributed by atoms with E-state index in [1.54, 1.807) is 0 Å². The molecule has 0 aliphatic rings. The highest BCUT2D eigenvalue weighted by molar-refractivity contribution is 5.71. The van der Waals surface area contributed by atoms with Gasteiger partial charge >= 0.3 is 0 Å². The molecule has 1 heterocycles. The lowest BCUT2D eigenvalue weighted by Crippen LogP contribution is -2.08. The van der Waals surface area contributed by atoms with Gasteiger partial charge in [0.25, 0.3) is 0 Å². The summed E-state index contributed by atoms with van der Waals surface area (Å²) in [6.45, 7) is 8.36. The zero-order valence-electron chi connectivity index (χ0n) is 13.5. The summed E-state index contributed by atoms with van der Waals surface area (Å²) in [7, 11) is 0. The molecule has 0 unspecified atom stereocenters. The van der Waals surface area contributed by atoms with Gasteiger partial charge in [-0.3, -0.25) is 0 Å². The molecule has 2 aromatic rings. The van der Waals surface area contributed by atoms with Crippen molar-refractivity contribution in [2.45, 2.75) is 53.0 Å². The predicted molar refractivity (Wildman–Crippen MR) is 90.1 cm³/mol. The van der Waals surface area contributed by atoms with Gasteiger partial charge in [0.2, 0.25) is 0 Å². The summed E-state index contributed by atoms with van der Waals surface area (Å²) in [6, 6.07) is 8.84. The maximum Gasteiger partial charge on any atom is 0.152 e. The van der Waals surface area contributed by atoms with Gasteiger partial charge < -0.3 is 11.1 Å². The summed E-state index contributed by atoms with van der Waals surface area (Å²) in [5, 5.41) is 7.89. The van der Waals surface area contributed by atoms with E-state index in [2.05, 4.69) is 55.5 Å². The fraction of sp³-hybridized carbons (Fsp3) is 0.471. The van der Waals surface area contributed by atoms with E-state index in [4.69, 9.17) is 5.73 Å². The molecule has 0 saturated carbocycles. The van der Waals surface area contributed by atoms with Crippen molar-refractivity contribution < 1.29 is 0 Å². The van der Waals surface area contributed by atoms with E-state index in [-0.39, 0.29) is 6.04 Å². The summed E-state index contributed by atoms with van der Waals surface area (Å²) < 4.78 is 1.94. The van der Waals surface area contributed by atoms with Crippen LogP contribution in [0.4, 0.5) is 17.2 Å². The van der Waals surface area contributed by atoms with E-state index >= 15 is 0 Å². The Morgan fingerprint density at radius 2 is 1.90 bits per heavy atom. The molecule has 0 saturated heterocycles. The first kappa shape index (κ1) is 15.4. The molecule has 1 aromatic heterocycles. The number of nitrogen functional groups attached to an aromatic ring is 1. The third kappa shape index (κ3) is 3.57. The van der Waals surface area contributed by atoms with E-state index in [0.717, 1.165) is 29.3 Å². The van der Waals surface area contributed by atoms with Gasteiger partial charge in [-0.15, -0.1) is 0 Å². The van der Waals surface area contributed by atoms with Crippen molar-refractivity contribution in [1.29, 1.82) is 0 Å². The third-order valence-corrected chi connectivity index (χ3v) is 3.66. The SMILES string of the molecule is CCCCc1ccc(Nc2c(N)c(C)nn2C(C)C)cc1. The molecule has 114 valence electrons. The van der Waals surface area contributed by atoms with Gasteiger partial charge in [0, 0.05) is 11.7 Å². The molecule has 3 N–H and O–H groups in total. The minimum atomic E-state index is 0.271. The zero-order valence-corrected chi connectivity index (χ0v) is 13.5. The van der Waals surface area contributed by atoms with Crippen molar-refractivity contribution >= 4 is 17.2 Å². The molecule has 0 radical (unpaired) electrons. The van der Waals surface area contributed by atoms with Gasteiger partial charge in [-0.2, -0.15) is 5.10 Å². The monoisotopic (exact) mass is 286 g/mol. The molecule has 0 spiro atoms. The number of nitrogens with one attached hydrogen (secondary N) is 1. The number of hydrogen-bond acceptors (Lipinski definition) is 3. The predicted octanol–water partition coefficient (Wildman–Crippen LogP) is 4.44. The van der Waals surface area contributed by atoms with E-state index in [1.807, 2.05) is 11.6 Å². The number of aryl methyl sites for hydroxylation is 2. The summed E-state index contributed by atoms with van der Waals surface area (Å²) in [6.07, 6.45) is 3.60. The molecule has 4 nitrogen and oxygen atoms in total. The molecule has 4 heteroatoms. The highest BCUT2D eigenvalue weighted by Crippen LogP contribution is 2.28. The molecule has 0 bridgehead atoms. The van der Waals surface area contributed by atoms with Crippen molar-refractivity contribution in [3.63, 3.8) is 0 Å². The summed E-state index contributed by atoms with van der Waals surface area (Å²) in [5.41, 5.74) is 10.2. The fourth-order valence-corrected chi connectivity index (χ4v) is 2.33. The molecule has 0 aliphatic heterocycles. The lowest BCUT2D eigenvalue weighted by Gasteiger charge is -2.13. The summed E-state index contributed by atoms with van der Waals surface area (Å²) in [5.74, 6) is 0.879. The maximum absolute atomic E-state index is 6.14. The quantitative estimate of drug-likeness (QED) is 0.825. The smallest absolute Gasteiger partial charge is 0.152 e. The second-order valence-electron chi connectivity index (χ2n) is 5.81. The standard InChI is InChI=1S/C17H26N4/c1-5-6-7-14-8-10-15(11-9-14)19-17-16(18)13(4)20-21(17)12(2)3/h8-12,19H,5-7,18H2,1-4H3. The number of unbranched alkanes of at least 4 members (excludes halogenated alkanes) is 1. The number of benzene rings is 1. The second-order valence-corrected chi connectivity index (χ2v) is 5.81. The van der Waals surface area contributed by atoms with Crippen LogP contribution in [0, 0.1) is 6.92 Å². The van der Waals surface area contributed by atoms with Crippen LogP contribution in [-0.4, -0.2) is 9.78 Å². The normalized spacial score (nSPS) is 11.1. The van der Waals surface area contributed by atoms with Crippen molar-refractivity contribution in [1.82, 2.24) is 9.78 Å². The molecular formula is C17H26N4. The first-order valence-electron chi connectivity index (χ1n) is 7.73. The molecule has 0 fully saturated rings. The summed E-state index contributed by atoms with van der Waals surface area (Å²) >= 11 is 0. The Morgan fingerprint density at radius 3 is 2.48 bits per heavy atom. The van der Waals surface area contributed by atoms with Gasteiger partial charge in [0.15, 0.2) is 5.82 Å². The lowest BCUT2D eigenvalue weighted by atomic mass is 10.1. The van der Waals surface area contributed by atoms with Crippen LogP contribution >= 0.6 is 0 Å². The minimum Gasteiger partial charge on any atom is -0.394 e. The average Bonchev–Trinajstić information content (AvgIpc) is 2.75. The largest absolute Gasteiger partial charge is 0.394 e. The van der Waals surface area contributed by atoms with Gasteiger partial charge in [-0.1, -0.05) is 25.5 Å². The highest BCUT2D eigenvalue weighted by atomic mass is 15.4. The van der Waals surface area contributed by atoms with Gasteiger partial charge in [-0.05, 0) is 51.3 Å². The Kier molecular flexibility index (Phi) is 4.89. The van der Waals surface area contributed by atoms with Crippen LogP contribution in [0.15, 0.2) is 24.3 Å².